The SMILES string of the molecule is Cc1c(CNC(=O)C(F)(F)F)ccc2c1NCCC2. The van der Waals surface area contributed by atoms with Crippen molar-refractivity contribution in [2.24, 2.45) is 0 Å². The Morgan fingerprint density at radius 1 is 1.42 bits per heavy atom. The predicted octanol–water partition coefficient (Wildman–Crippen LogP) is 2.53. The molecule has 2 rings (SSSR count). The third kappa shape index (κ3) is 3.00. The van der Waals surface area contributed by atoms with Crippen LogP contribution in [0.25, 0.3) is 0 Å². The van der Waals surface area contributed by atoms with Gasteiger partial charge in [0.1, 0.15) is 0 Å². The average molecular weight is 272 g/mol. The molecule has 1 aromatic rings. The van der Waals surface area contributed by atoms with Gasteiger partial charge in [-0.15, -0.1) is 0 Å². The summed E-state index contributed by atoms with van der Waals surface area (Å²) in [5.74, 6) is -1.91. The summed E-state index contributed by atoms with van der Waals surface area (Å²) in [6.45, 7) is 2.61. The van der Waals surface area contributed by atoms with Crippen molar-refractivity contribution in [3.05, 3.63) is 28.8 Å². The first kappa shape index (κ1) is 13.7. The van der Waals surface area contributed by atoms with Gasteiger partial charge < -0.3 is 10.6 Å². The zero-order chi connectivity index (χ0) is 14.0. The number of hydrogen-bond donors (Lipinski definition) is 2. The molecule has 2 N–H and O–H groups in total. The normalized spacial score (nSPS) is 14.5. The number of halogens is 3. The summed E-state index contributed by atoms with van der Waals surface area (Å²) in [5, 5.41) is 5.15. The van der Waals surface area contributed by atoms with Crippen LogP contribution in [0.2, 0.25) is 0 Å². The van der Waals surface area contributed by atoms with Crippen LogP contribution in [0.1, 0.15) is 23.1 Å². The number of amides is 1. The van der Waals surface area contributed by atoms with Gasteiger partial charge in [-0.2, -0.15) is 13.2 Å². The maximum atomic E-state index is 12.1. The van der Waals surface area contributed by atoms with E-state index in [1.54, 1.807) is 6.07 Å². The Morgan fingerprint density at radius 2 is 2.16 bits per heavy atom. The minimum absolute atomic E-state index is 0.112. The molecule has 0 aliphatic carbocycles. The molecule has 0 spiro atoms. The number of nitrogens with one attached hydrogen (secondary N) is 2. The number of fused-ring (bicyclic) bond motifs is 1. The van der Waals surface area contributed by atoms with Crippen molar-refractivity contribution in [2.45, 2.75) is 32.5 Å². The van der Waals surface area contributed by atoms with Crippen molar-refractivity contribution in [3.63, 3.8) is 0 Å². The lowest BCUT2D eigenvalue weighted by Crippen LogP contribution is -2.36. The van der Waals surface area contributed by atoms with E-state index in [4.69, 9.17) is 0 Å². The summed E-state index contributed by atoms with van der Waals surface area (Å²) < 4.78 is 36.3. The number of hydrogen-bond acceptors (Lipinski definition) is 2. The number of benzene rings is 1. The highest BCUT2D eigenvalue weighted by Crippen LogP contribution is 2.28. The van der Waals surface area contributed by atoms with Gasteiger partial charge in [0, 0.05) is 18.8 Å². The van der Waals surface area contributed by atoms with Crippen LogP contribution in [0.3, 0.4) is 0 Å². The first-order valence-corrected chi connectivity index (χ1v) is 6.10. The van der Waals surface area contributed by atoms with Gasteiger partial charge in [-0.05, 0) is 36.5 Å². The van der Waals surface area contributed by atoms with Gasteiger partial charge in [0.2, 0.25) is 0 Å². The Morgan fingerprint density at radius 3 is 2.84 bits per heavy atom. The van der Waals surface area contributed by atoms with Crippen LogP contribution < -0.4 is 10.6 Å². The zero-order valence-electron chi connectivity index (χ0n) is 10.5. The maximum Gasteiger partial charge on any atom is 0.471 e. The fourth-order valence-corrected chi connectivity index (χ4v) is 2.22. The van der Waals surface area contributed by atoms with Gasteiger partial charge in [0.25, 0.3) is 0 Å². The van der Waals surface area contributed by atoms with E-state index in [-0.39, 0.29) is 6.54 Å². The molecule has 0 aromatic heterocycles. The maximum absolute atomic E-state index is 12.1. The molecule has 6 heteroatoms. The van der Waals surface area contributed by atoms with Crippen LogP contribution in [0.4, 0.5) is 18.9 Å². The summed E-state index contributed by atoms with van der Waals surface area (Å²) in [7, 11) is 0. The second-order valence-electron chi connectivity index (χ2n) is 4.59. The van der Waals surface area contributed by atoms with Gasteiger partial charge in [0.15, 0.2) is 0 Å². The number of carbonyl (C=O) groups is 1. The predicted molar refractivity (Wildman–Crippen MR) is 65.9 cm³/mol. The standard InChI is InChI=1S/C13H15F3N2O/c1-8-10(7-18-12(19)13(14,15)16)5-4-9-3-2-6-17-11(8)9/h4-5,17H,2-3,6-7H2,1H3,(H,18,19). The lowest BCUT2D eigenvalue weighted by Gasteiger charge is -2.22. The molecule has 1 aliphatic heterocycles. The minimum atomic E-state index is -4.83. The Hall–Kier alpha value is -1.72. The Bertz CT molecular complexity index is 497. The lowest BCUT2D eigenvalue weighted by atomic mass is 9.96. The van der Waals surface area contributed by atoms with Crippen molar-refractivity contribution in [2.75, 3.05) is 11.9 Å². The Kier molecular flexibility index (Phi) is 3.68. The molecule has 0 bridgehead atoms. The Balaban J connectivity index is 2.12. The zero-order valence-corrected chi connectivity index (χ0v) is 10.5. The van der Waals surface area contributed by atoms with E-state index in [2.05, 4.69) is 5.32 Å². The van der Waals surface area contributed by atoms with Crippen molar-refractivity contribution in [3.8, 4) is 0 Å². The molecule has 19 heavy (non-hydrogen) atoms. The van der Waals surface area contributed by atoms with Crippen LogP contribution in [0.15, 0.2) is 12.1 Å². The molecular formula is C13H15F3N2O. The van der Waals surface area contributed by atoms with Gasteiger partial charge in [-0.25, -0.2) is 0 Å². The van der Waals surface area contributed by atoms with Gasteiger partial charge in [-0.1, -0.05) is 12.1 Å². The fraction of sp³-hybridized carbons (Fsp3) is 0.462. The van der Waals surface area contributed by atoms with Gasteiger partial charge in [-0.3, -0.25) is 4.79 Å². The topological polar surface area (TPSA) is 41.1 Å². The third-order valence-corrected chi connectivity index (χ3v) is 3.29. The molecule has 1 aliphatic rings. The van der Waals surface area contributed by atoms with Crippen molar-refractivity contribution < 1.29 is 18.0 Å². The smallest absolute Gasteiger partial charge is 0.385 e. The molecule has 0 unspecified atom stereocenters. The largest absolute Gasteiger partial charge is 0.471 e. The van der Waals surface area contributed by atoms with Crippen molar-refractivity contribution in [1.29, 1.82) is 0 Å². The number of alkyl halides is 3. The van der Waals surface area contributed by atoms with Crippen molar-refractivity contribution in [1.82, 2.24) is 5.32 Å². The van der Waals surface area contributed by atoms with E-state index < -0.39 is 12.1 Å². The minimum Gasteiger partial charge on any atom is -0.385 e. The summed E-state index contributed by atoms with van der Waals surface area (Å²) in [6, 6.07) is 3.68. The summed E-state index contributed by atoms with van der Waals surface area (Å²) in [6.07, 6.45) is -2.81. The van der Waals surface area contributed by atoms with Gasteiger partial charge in [0.05, 0.1) is 0 Å². The van der Waals surface area contributed by atoms with Gasteiger partial charge >= 0.3 is 12.1 Å². The van der Waals surface area contributed by atoms with E-state index in [1.165, 1.54) is 5.56 Å². The molecule has 0 atom stereocenters. The highest BCUT2D eigenvalue weighted by atomic mass is 19.4. The lowest BCUT2D eigenvalue weighted by molar-refractivity contribution is -0.173. The van der Waals surface area contributed by atoms with Crippen LogP contribution in [0.5, 0.6) is 0 Å². The molecule has 0 saturated carbocycles. The fourth-order valence-electron chi connectivity index (χ4n) is 2.22. The second kappa shape index (κ2) is 5.11. The first-order chi connectivity index (χ1) is 8.89. The van der Waals surface area contributed by atoms with Crippen LogP contribution in [-0.4, -0.2) is 18.6 Å². The highest BCUT2D eigenvalue weighted by Gasteiger charge is 2.38. The molecule has 1 amide bonds. The monoisotopic (exact) mass is 272 g/mol. The molecule has 0 saturated heterocycles. The third-order valence-electron chi connectivity index (χ3n) is 3.29. The molecule has 104 valence electrons. The summed E-state index contributed by atoms with van der Waals surface area (Å²) in [4.78, 5) is 10.8. The summed E-state index contributed by atoms with van der Waals surface area (Å²) >= 11 is 0. The average Bonchev–Trinajstić information content (AvgIpc) is 2.37. The van der Waals surface area contributed by atoms with Crippen LogP contribution in [0, 0.1) is 6.92 Å². The quantitative estimate of drug-likeness (QED) is 0.868. The molecule has 0 radical (unpaired) electrons. The van der Waals surface area contributed by atoms with Crippen LogP contribution >= 0.6 is 0 Å². The molecule has 0 fully saturated rings. The molecule has 1 aromatic carbocycles. The highest BCUT2D eigenvalue weighted by molar-refractivity contribution is 5.81. The summed E-state index contributed by atoms with van der Waals surface area (Å²) in [5.41, 5.74) is 3.77. The first-order valence-electron chi connectivity index (χ1n) is 6.10. The molecule has 1 heterocycles. The van der Waals surface area contributed by atoms with E-state index in [0.717, 1.165) is 30.6 Å². The number of rotatable bonds is 2. The van der Waals surface area contributed by atoms with E-state index in [1.807, 2.05) is 18.3 Å². The molecule has 3 nitrogen and oxygen atoms in total. The second-order valence-corrected chi connectivity index (χ2v) is 4.59. The van der Waals surface area contributed by atoms with E-state index >= 15 is 0 Å². The number of aryl methyl sites for hydroxylation is 1. The number of anilines is 1. The van der Waals surface area contributed by atoms with E-state index in [9.17, 15) is 18.0 Å². The number of carbonyl (C=O) groups excluding carboxylic acids is 1. The van der Waals surface area contributed by atoms with E-state index in [0.29, 0.717) is 5.56 Å². The van der Waals surface area contributed by atoms with Crippen molar-refractivity contribution >= 4 is 11.6 Å². The molecular weight excluding hydrogens is 257 g/mol. The Labute approximate surface area is 109 Å². The van der Waals surface area contributed by atoms with Crippen LogP contribution in [-0.2, 0) is 17.8 Å².